The van der Waals surface area contributed by atoms with Crippen molar-refractivity contribution >= 4 is 11.8 Å². The van der Waals surface area contributed by atoms with Crippen molar-refractivity contribution in [2.45, 2.75) is 33.3 Å². The van der Waals surface area contributed by atoms with Gasteiger partial charge >= 0.3 is 5.97 Å². The highest BCUT2D eigenvalue weighted by Crippen LogP contribution is 2.16. The zero-order valence-electron chi connectivity index (χ0n) is 8.84. The Bertz CT molecular complexity index is 349. The monoisotopic (exact) mass is 197 g/mol. The molecule has 1 rings (SSSR count). The molecule has 0 aliphatic heterocycles. The summed E-state index contributed by atoms with van der Waals surface area (Å²) in [6.07, 6.45) is 0. The van der Waals surface area contributed by atoms with E-state index in [4.69, 9.17) is 10.5 Å². The Morgan fingerprint density at radius 2 is 2.07 bits per heavy atom. The van der Waals surface area contributed by atoms with E-state index in [0.29, 0.717) is 17.1 Å². The molecule has 78 valence electrons. The Hall–Kier alpha value is -1.52. The first-order valence-electron chi connectivity index (χ1n) is 4.35. The summed E-state index contributed by atoms with van der Waals surface area (Å²) in [6.45, 7) is 7.14. The molecule has 0 unspecified atom stereocenters. The smallest absolute Gasteiger partial charge is 0.357 e. The molecule has 1 aromatic rings. The lowest BCUT2D eigenvalue weighted by atomic mass is 10.2. The molecule has 0 saturated heterocycles. The summed E-state index contributed by atoms with van der Waals surface area (Å²) in [5, 5.41) is 6.27. The van der Waals surface area contributed by atoms with Gasteiger partial charge in [0.2, 0.25) is 0 Å². The van der Waals surface area contributed by atoms with Gasteiger partial charge in [0.15, 0.2) is 0 Å². The quantitative estimate of drug-likeness (QED) is 0.664. The van der Waals surface area contributed by atoms with Crippen molar-refractivity contribution in [3.05, 3.63) is 11.3 Å². The molecule has 5 heteroatoms. The predicted molar refractivity (Wildman–Crippen MR) is 52.9 cm³/mol. The van der Waals surface area contributed by atoms with Gasteiger partial charge in [0, 0.05) is 5.56 Å². The van der Waals surface area contributed by atoms with Gasteiger partial charge in [0.25, 0.3) is 0 Å². The van der Waals surface area contributed by atoms with E-state index in [2.05, 4.69) is 10.2 Å². The molecular weight excluding hydrogens is 182 g/mol. The molecule has 0 spiro atoms. The Balaban J connectivity index is 2.86. The number of aromatic amines is 1. The van der Waals surface area contributed by atoms with Gasteiger partial charge in [-0.1, -0.05) is 0 Å². The number of aromatic nitrogens is 2. The number of rotatable bonds is 1. The predicted octanol–water partition coefficient (Wildman–Crippen LogP) is 1.26. The van der Waals surface area contributed by atoms with Crippen LogP contribution >= 0.6 is 0 Å². The van der Waals surface area contributed by atoms with Crippen molar-refractivity contribution in [3.63, 3.8) is 0 Å². The Kier molecular flexibility index (Phi) is 2.51. The van der Waals surface area contributed by atoms with E-state index in [1.165, 1.54) is 0 Å². The van der Waals surface area contributed by atoms with Crippen LogP contribution in [0.5, 0.6) is 0 Å². The third-order valence-electron chi connectivity index (χ3n) is 1.65. The van der Waals surface area contributed by atoms with E-state index in [1.54, 1.807) is 27.7 Å². The van der Waals surface area contributed by atoms with Crippen molar-refractivity contribution in [1.82, 2.24) is 10.2 Å². The Morgan fingerprint density at radius 1 is 1.50 bits per heavy atom. The molecule has 0 saturated carbocycles. The highest BCUT2D eigenvalue weighted by molar-refractivity contribution is 5.90. The van der Waals surface area contributed by atoms with Crippen molar-refractivity contribution in [3.8, 4) is 0 Å². The number of nitrogens with two attached hydrogens (primary N) is 1. The molecule has 1 aromatic heterocycles. The van der Waals surface area contributed by atoms with E-state index in [9.17, 15) is 4.79 Å². The van der Waals surface area contributed by atoms with Crippen molar-refractivity contribution in [1.29, 1.82) is 0 Å². The van der Waals surface area contributed by atoms with E-state index in [-0.39, 0.29) is 0 Å². The average Bonchev–Trinajstić information content (AvgIpc) is 2.29. The second-order valence-electron chi connectivity index (χ2n) is 4.11. The van der Waals surface area contributed by atoms with Gasteiger partial charge in [-0.3, -0.25) is 5.10 Å². The maximum Gasteiger partial charge on any atom is 0.357 e. The summed E-state index contributed by atoms with van der Waals surface area (Å²) in [5.74, 6) is -0.106. The first kappa shape index (κ1) is 10.6. The Morgan fingerprint density at radius 3 is 2.43 bits per heavy atom. The van der Waals surface area contributed by atoms with Crippen LogP contribution in [0.4, 0.5) is 5.82 Å². The van der Waals surface area contributed by atoms with Crippen LogP contribution in [0.2, 0.25) is 0 Å². The number of hydrogen-bond acceptors (Lipinski definition) is 4. The molecule has 5 nitrogen and oxygen atoms in total. The van der Waals surface area contributed by atoms with Gasteiger partial charge in [0.05, 0.1) is 0 Å². The lowest BCUT2D eigenvalue weighted by Gasteiger charge is -2.18. The summed E-state index contributed by atoms with van der Waals surface area (Å²) in [5.41, 5.74) is 5.92. The lowest BCUT2D eigenvalue weighted by Crippen LogP contribution is -2.24. The fourth-order valence-corrected chi connectivity index (χ4v) is 0.940. The number of nitrogen functional groups attached to an aromatic ring is 1. The topological polar surface area (TPSA) is 81.0 Å². The van der Waals surface area contributed by atoms with Crippen LogP contribution < -0.4 is 5.73 Å². The molecule has 0 atom stereocenters. The molecule has 0 aliphatic carbocycles. The van der Waals surface area contributed by atoms with Gasteiger partial charge in [0.1, 0.15) is 17.1 Å². The highest BCUT2D eigenvalue weighted by Gasteiger charge is 2.21. The first-order chi connectivity index (χ1) is 6.31. The third-order valence-corrected chi connectivity index (χ3v) is 1.65. The largest absolute Gasteiger partial charge is 0.455 e. The summed E-state index contributed by atoms with van der Waals surface area (Å²) >= 11 is 0. The molecule has 3 N–H and O–H groups in total. The number of ether oxygens (including phenoxy) is 1. The fraction of sp³-hybridized carbons (Fsp3) is 0.556. The minimum atomic E-state index is -0.511. The van der Waals surface area contributed by atoms with Gasteiger partial charge < -0.3 is 10.5 Å². The van der Waals surface area contributed by atoms with Crippen molar-refractivity contribution in [2.75, 3.05) is 5.73 Å². The van der Waals surface area contributed by atoms with E-state index < -0.39 is 11.6 Å². The maximum atomic E-state index is 11.5. The minimum absolute atomic E-state index is 0.317. The second kappa shape index (κ2) is 3.32. The number of nitrogens with zero attached hydrogens (tertiary/aromatic N) is 1. The zero-order chi connectivity index (χ0) is 10.9. The number of H-pyrrole nitrogens is 1. The van der Waals surface area contributed by atoms with Gasteiger partial charge in [-0.2, -0.15) is 5.10 Å². The number of hydrogen-bond donors (Lipinski definition) is 2. The first-order valence-corrected chi connectivity index (χ1v) is 4.35. The van der Waals surface area contributed by atoms with E-state index in [0.717, 1.165) is 0 Å². The molecule has 0 bridgehead atoms. The summed E-state index contributed by atoms with van der Waals surface area (Å²) in [6, 6.07) is 0. The summed E-state index contributed by atoms with van der Waals surface area (Å²) in [7, 11) is 0. The lowest BCUT2D eigenvalue weighted by molar-refractivity contribution is 0.00621. The second-order valence-corrected chi connectivity index (χ2v) is 4.11. The standard InChI is InChI=1S/C9H15N3O2/c1-5-6(11-12-7(5)10)8(13)14-9(2,3)4/h1-4H3,(H3,10,11,12). The molecule has 0 aliphatic rings. The van der Waals surface area contributed by atoms with Crippen LogP contribution in [-0.2, 0) is 4.74 Å². The van der Waals surface area contributed by atoms with Crippen LogP contribution in [0.15, 0.2) is 0 Å². The van der Waals surface area contributed by atoms with Gasteiger partial charge in [-0.25, -0.2) is 4.79 Å². The summed E-state index contributed by atoms with van der Waals surface area (Å²) in [4.78, 5) is 11.5. The third kappa shape index (κ3) is 2.25. The normalized spacial score (nSPS) is 11.4. The van der Waals surface area contributed by atoms with Crippen LogP contribution in [0.3, 0.4) is 0 Å². The van der Waals surface area contributed by atoms with E-state index >= 15 is 0 Å². The molecule has 0 amide bonds. The maximum absolute atomic E-state index is 11.5. The number of anilines is 1. The van der Waals surface area contributed by atoms with Gasteiger partial charge in [-0.15, -0.1) is 0 Å². The number of carbonyl (C=O) groups is 1. The molecule has 14 heavy (non-hydrogen) atoms. The fourth-order valence-electron chi connectivity index (χ4n) is 0.940. The number of carbonyl (C=O) groups excluding carboxylic acids is 1. The average molecular weight is 197 g/mol. The molecule has 0 fully saturated rings. The van der Waals surface area contributed by atoms with E-state index in [1.807, 2.05) is 0 Å². The number of nitrogens with one attached hydrogen (secondary N) is 1. The van der Waals surface area contributed by atoms with Crippen molar-refractivity contribution < 1.29 is 9.53 Å². The van der Waals surface area contributed by atoms with Crippen LogP contribution in [-0.4, -0.2) is 21.8 Å². The number of esters is 1. The molecular formula is C9H15N3O2. The molecule has 1 heterocycles. The van der Waals surface area contributed by atoms with Crippen molar-refractivity contribution in [2.24, 2.45) is 0 Å². The zero-order valence-corrected chi connectivity index (χ0v) is 8.84. The van der Waals surface area contributed by atoms with Crippen LogP contribution in [0.25, 0.3) is 0 Å². The SMILES string of the molecule is Cc1c(N)n[nH]c1C(=O)OC(C)(C)C. The minimum Gasteiger partial charge on any atom is -0.455 e. The Labute approximate surface area is 82.6 Å². The molecule has 0 radical (unpaired) electrons. The van der Waals surface area contributed by atoms with Crippen LogP contribution in [0, 0.1) is 6.92 Å². The molecule has 0 aromatic carbocycles. The highest BCUT2D eigenvalue weighted by atomic mass is 16.6. The van der Waals surface area contributed by atoms with Gasteiger partial charge in [-0.05, 0) is 27.7 Å². The summed E-state index contributed by atoms with van der Waals surface area (Å²) < 4.78 is 5.15. The van der Waals surface area contributed by atoms with Crippen LogP contribution in [0.1, 0.15) is 36.8 Å².